The van der Waals surface area contributed by atoms with E-state index in [1.807, 2.05) is 18.2 Å². The molecule has 3 aromatic carbocycles. The van der Waals surface area contributed by atoms with Gasteiger partial charge in [0.15, 0.2) is 11.5 Å². The summed E-state index contributed by atoms with van der Waals surface area (Å²) < 4.78 is 16.6. The average molecular weight is 392 g/mol. The number of benzene rings is 3. The lowest BCUT2D eigenvalue weighted by atomic mass is 10.0. The summed E-state index contributed by atoms with van der Waals surface area (Å²) in [5, 5.41) is 5.12. The van der Waals surface area contributed by atoms with E-state index >= 15 is 0 Å². The van der Waals surface area contributed by atoms with Crippen LogP contribution in [0.15, 0.2) is 54.6 Å². The Hall–Kier alpha value is -3.41. The summed E-state index contributed by atoms with van der Waals surface area (Å²) in [5.41, 5.74) is 1.66. The molecule has 3 aromatic rings. The molecule has 0 bridgehead atoms. The Morgan fingerprint density at radius 3 is 2.79 bits per heavy atom. The van der Waals surface area contributed by atoms with Crippen molar-refractivity contribution in [2.24, 2.45) is 0 Å². The number of hydrogen-bond acceptors (Lipinski definition) is 4. The molecule has 0 saturated heterocycles. The van der Waals surface area contributed by atoms with E-state index < -0.39 is 0 Å². The number of fused-ring (bicyclic) bond motifs is 2. The number of amides is 2. The minimum absolute atomic E-state index is 0.203. The van der Waals surface area contributed by atoms with Crippen LogP contribution in [-0.4, -0.2) is 31.4 Å². The van der Waals surface area contributed by atoms with Crippen molar-refractivity contribution in [2.45, 2.75) is 19.9 Å². The van der Waals surface area contributed by atoms with E-state index in [1.165, 1.54) is 0 Å². The molecule has 1 aliphatic heterocycles. The van der Waals surface area contributed by atoms with E-state index in [9.17, 15) is 4.79 Å². The number of ether oxygens (including phenoxy) is 3. The Morgan fingerprint density at radius 1 is 1.10 bits per heavy atom. The van der Waals surface area contributed by atoms with Gasteiger partial charge >= 0.3 is 6.03 Å². The molecule has 6 heteroatoms. The maximum Gasteiger partial charge on any atom is 0.321 e. The summed E-state index contributed by atoms with van der Waals surface area (Å²) in [4.78, 5) is 14.4. The first kappa shape index (κ1) is 18.9. The van der Waals surface area contributed by atoms with Crippen molar-refractivity contribution < 1.29 is 19.0 Å². The molecule has 0 saturated carbocycles. The van der Waals surface area contributed by atoms with Gasteiger partial charge in [0.2, 0.25) is 6.79 Å². The zero-order valence-electron chi connectivity index (χ0n) is 16.6. The molecule has 0 aliphatic carbocycles. The summed E-state index contributed by atoms with van der Waals surface area (Å²) in [6.07, 6.45) is 0.923. The molecule has 0 spiro atoms. The van der Waals surface area contributed by atoms with Gasteiger partial charge in [0.05, 0.1) is 13.2 Å². The molecule has 1 N–H and O–H groups in total. The maximum absolute atomic E-state index is 12.8. The second-order valence-electron chi connectivity index (χ2n) is 6.97. The van der Waals surface area contributed by atoms with Gasteiger partial charge in [-0.1, -0.05) is 37.3 Å². The van der Waals surface area contributed by atoms with Crippen LogP contribution in [-0.2, 0) is 6.54 Å². The first-order valence-corrected chi connectivity index (χ1v) is 9.71. The highest BCUT2D eigenvalue weighted by molar-refractivity contribution is 5.91. The fraction of sp³-hybridized carbons (Fsp3) is 0.261. The minimum Gasteiger partial charge on any atom is -0.493 e. The highest BCUT2D eigenvalue weighted by Gasteiger charge is 2.17. The molecule has 1 aliphatic rings. The van der Waals surface area contributed by atoms with E-state index in [0.29, 0.717) is 30.3 Å². The van der Waals surface area contributed by atoms with E-state index in [2.05, 4.69) is 30.4 Å². The standard InChI is InChI=1S/C23H24N2O4/c1-3-12-27-20-10-8-16-6-4-5-7-18(16)19(20)14-25(2)23(26)24-17-9-11-21-22(13-17)29-15-28-21/h4-11,13H,3,12,14-15H2,1-2H3,(H,24,26). The Labute approximate surface area is 170 Å². The summed E-state index contributed by atoms with van der Waals surface area (Å²) in [6.45, 7) is 3.34. The number of nitrogens with zero attached hydrogens (tertiary/aromatic N) is 1. The smallest absolute Gasteiger partial charge is 0.321 e. The van der Waals surface area contributed by atoms with Gasteiger partial charge in [-0.05, 0) is 35.4 Å². The van der Waals surface area contributed by atoms with Crippen molar-refractivity contribution in [1.29, 1.82) is 0 Å². The third-order valence-corrected chi connectivity index (χ3v) is 4.83. The molecule has 0 aromatic heterocycles. The molecule has 29 heavy (non-hydrogen) atoms. The number of carbonyl (C=O) groups excluding carboxylic acids is 1. The lowest BCUT2D eigenvalue weighted by Gasteiger charge is -2.21. The number of urea groups is 1. The summed E-state index contributed by atoms with van der Waals surface area (Å²) in [6, 6.07) is 17.3. The molecule has 2 amide bonds. The Morgan fingerprint density at radius 2 is 1.93 bits per heavy atom. The highest BCUT2D eigenvalue weighted by Crippen LogP contribution is 2.34. The molecule has 150 valence electrons. The molecule has 0 atom stereocenters. The van der Waals surface area contributed by atoms with Gasteiger partial charge < -0.3 is 24.4 Å². The van der Waals surface area contributed by atoms with E-state index in [0.717, 1.165) is 28.5 Å². The lowest BCUT2D eigenvalue weighted by Crippen LogP contribution is -2.31. The first-order valence-electron chi connectivity index (χ1n) is 9.71. The van der Waals surface area contributed by atoms with Crippen LogP contribution >= 0.6 is 0 Å². The number of nitrogens with one attached hydrogen (secondary N) is 1. The molecule has 4 rings (SSSR count). The van der Waals surface area contributed by atoms with E-state index in [4.69, 9.17) is 14.2 Å². The van der Waals surface area contributed by atoms with Crippen LogP contribution in [0.4, 0.5) is 10.5 Å². The van der Waals surface area contributed by atoms with Gasteiger partial charge in [0.25, 0.3) is 0 Å². The van der Waals surface area contributed by atoms with Gasteiger partial charge in [0, 0.05) is 24.4 Å². The van der Waals surface area contributed by atoms with Crippen LogP contribution in [0.2, 0.25) is 0 Å². The normalized spacial score (nSPS) is 12.1. The van der Waals surface area contributed by atoms with Crippen LogP contribution in [0, 0.1) is 0 Å². The summed E-state index contributed by atoms with van der Waals surface area (Å²) >= 11 is 0. The molecule has 6 nitrogen and oxygen atoms in total. The maximum atomic E-state index is 12.8. The molecule has 1 heterocycles. The third kappa shape index (κ3) is 4.06. The molecule has 0 radical (unpaired) electrons. The zero-order valence-corrected chi connectivity index (χ0v) is 16.6. The highest BCUT2D eigenvalue weighted by atomic mass is 16.7. The second-order valence-corrected chi connectivity index (χ2v) is 6.97. The van der Waals surface area contributed by atoms with E-state index in [1.54, 1.807) is 30.1 Å². The summed E-state index contributed by atoms with van der Waals surface area (Å²) in [7, 11) is 1.77. The quantitative estimate of drug-likeness (QED) is 0.640. The fourth-order valence-electron chi connectivity index (χ4n) is 3.33. The van der Waals surface area contributed by atoms with Gasteiger partial charge in [0.1, 0.15) is 5.75 Å². The molecular weight excluding hydrogens is 368 g/mol. The number of hydrogen-bond donors (Lipinski definition) is 1. The Balaban J connectivity index is 1.54. The van der Waals surface area contributed by atoms with Crippen LogP contribution in [0.25, 0.3) is 10.8 Å². The monoisotopic (exact) mass is 392 g/mol. The predicted molar refractivity (Wildman–Crippen MR) is 113 cm³/mol. The SMILES string of the molecule is CCCOc1ccc2ccccc2c1CN(C)C(=O)Nc1ccc2c(c1)OCO2. The van der Waals surface area contributed by atoms with Gasteiger partial charge in [-0.15, -0.1) is 0 Å². The van der Waals surface area contributed by atoms with Gasteiger partial charge in [-0.3, -0.25) is 0 Å². The molecular formula is C23H24N2O4. The third-order valence-electron chi connectivity index (χ3n) is 4.83. The largest absolute Gasteiger partial charge is 0.493 e. The van der Waals surface area contributed by atoms with Crippen molar-refractivity contribution in [3.05, 3.63) is 60.2 Å². The van der Waals surface area contributed by atoms with E-state index in [-0.39, 0.29) is 12.8 Å². The van der Waals surface area contributed by atoms with Crippen molar-refractivity contribution in [3.8, 4) is 17.2 Å². The Kier molecular flexibility index (Phi) is 5.42. The average Bonchev–Trinajstić information content (AvgIpc) is 3.21. The van der Waals surface area contributed by atoms with Crippen molar-refractivity contribution in [1.82, 2.24) is 4.90 Å². The number of rotatable bonds is 6. The lowest BCUT2D eigenvalue weighted by molar-refractivity contribution is 0.174. The Bertz CT molecular complexity index is 1030. The van der Waals surface area contributed by atoms with Crippen LogP contribution in [0.1, 0.15) is 18.9 Å². The van der Waals surface area contributed by atoms with Gasteiger partial charge in [-0.25, -0.2) is 4.79 Å². The fourth-order valence-corrected chi connectivity index (χ4v) is 3.33. The molecule has 0 unspecified atom stereocenters. The minimum atomic E-state index is -0.210. The number of carbonyl (C=O) groups is 1. The summed E-state index contributed by atoms with van der Waals surface area (Å²) in [5.74, 6) is 2.13. The van der Waals surface area contributed by atoms with Crippen LogP contribution in [0.5, 0.6) is 17.2 Å². The van der Waals surface area contributed by atoms with Gasteiger partial charge in [-0.2, -0.15) is 0 Å². The first-order chi connectivity index (χ1) is 14.2. The van der Waals surface area contributed by atoms with Crippen LogP contribution < -0.4 is 19.5 Å². The number of anilines is 1. The topological polar surface area (TPSA) is 60.0 Å². The van der Waals surface area contributed by atoms with Crippen LogP contribution in [0.3, 0.4) is 0 Å². The zero-order chi connectivity index (χ0) is 20.2. The van der Waals surface area contributed by atoms with Crippen molar-refractivity contribution in [3.63, 3.8) is 0 Å². The van der Waals surface area contributed by atoms with Crippen molar-refractivity contribution in [2.75, 3.05) is 25.8 Å². The molecule has 0 fully saturated rings. The second kappa shape index (κ2) is 8.31. The predicted octanol–water partition coefficient (Wildman–Crippen LogP) is 5.02. The van der Waals surface area contributed by atoms with Crippen molar-refractivity contribution >= 4 is 22.5 Å².